The molecule has 0 bridgehead atoms. The van der Waals surface area contributed by atoms with Crippen molar-refractivity contribution >= 4 is 14.4 Å². The third-order valence-electron chi connectivity index (χ3n) is 1.69. The molecule has 1 unspecified atom stereocenters. The van der Waals surface area contributed by atoms with E-state index >= 15 is 0 Å². The molecule has 76 valence electrons. The summed E-state index contributed by atoms with van der Waals surface area (Å²) in [6.07, 6.45) is 0. The maximum atomic E-state index is 11.0. The number of aliphatic hydroxyl groups is 1. The van der Waals surface area contributed by atoms with Gasteiger partial charge in [0.25, 0.3) is 11.7 Å². The average molecular weight is 209 g/mol. The predicted molar refractivity (Wildman–Crippen MR) is 44.4 cm³/mol. The van der Waals surface area contributed by atoms with Crippen molar-refractivity contribution in [2.45, 2.75) is 11.4 Å². The molecule has 0 saturated carbocycles. The SMILES string of the molecule is COC(OC)(C(N)=O)C(CO)P=O. The molecule has 1 amide bonds. The number of carbonyl (C=O) groups excluding carboxylic acids is 1. The number of ether oxygens (including phenoxy) is 2. The van der Waals surface area contributed by atoms with Crippen LogP contribution in [0.15, 0.2) is 0 Å². The van der Waals surface area contributed by atoms with Crippen LogP contribution < -0.4 is 5.73 Å². The number of carbonyl (C=O) groups is 1. The summed E-state index contributed by atoms with van der Waals surface area (Å²) < 4.78 is 20.0. The molecular formula is C6H12NO5P. The molecule has 0 aromatic rings. The molecule has 0 aliphatic carbocycles. The lowest BCUT2D eigenvalue weighted by Crippen LogP contribution is -2.55. The van der Waals surface area contributed by atoms with Gasteiger partial charge in [-0.25, -0.2) is 0 Å². The monoisotopic (exact) mass is 209 g/mol. The van der Waals surface area contributed by atoms with Gasteiger partial charge < -0.3 is 20.3 Å². The molecule has 3 N–H and O–H groups in total. The zero-order chi connectivity index (χ0) is 10.5. The second-order valence-corrected chi connectivity index (χ2v) is 3.08. The molecule has 0 radical (unpaired) electrons. The largest absolute Gasteiger partial charge is 0.395 e. The second-order valence-electron chi connectivity index (χ2n) is 2.24. The van der Waals surface area contributed by atoms with Crippen molar-refractivity contribution in [1.82, 2.24) is 0 Å². The number of hydrogen-bond donors (Lipinski definition) is 2. The van der Waals surface area contributed by atoms with Crippen molar-refractivity contribution in [3.8, 4) is 0 Å². The number of rotatable bonds is 6. The number of primary amides is 1. The normalized spacial score (nSPS) is 14.4. The fourth-order valence-corrected chi connectivity index (χ4v) is 1.49. The van der Waals surface area contributed by atoms with Crippen molar-refractivity contribution in [2.24, 2.45) is 5.73 Å². The van der Waals surface area contributed by atoms with Crippen molar-refractivity contribution in [2.75, 3.05) is 20.8 Å². The van der Waals surface area contributed by atoms with Crippen molar-refractivity contribution in [3.05, 3.63) is 0 Å². The first-order valence-corrected chi connectivity index (χ1v) is 4.30. The van der Waals surface area contributed by atoms with Gasteiger partial charge in [0, 0.05) is 14.2 Å². The maximum Gasteiger partial charge on any atom is 0.279 e. The molecular weight excluding hydrogens is 197 g/mol. The zero-order valence-corrected chi connectivity index (χ0v) is 8.28. The molecule has 0 saturated heterocycles. The van der Waals surface area contributed by atoms with Crippen LogP contribution in [0.1, 0.15) is 0 Å². The Balaban J connectivity index is 4.93. The number of methoxy groups -OCH3 is 2. The Morgan fingerprint density at radius 3 is 2.15 bits per heavy atom. The van der Waals surface area contributed by atoms with Gasteiger partial charge in [0.2, 0.25) is 0 Å². The Morgan fingerprint density at radius 2 is 2.08 bits per heavy atom. The minimum absolute atomic E-state index is 0.470. The van der Waals surface area contributed by atoms with Gasteiger partial charge in [-0.2, -0.15) is 0 Å². The highest BCUT2D eigenvalue weighted by molar-refractivity contribution is 7.25. The minimum Gasteiger partial charge on any atom is -0.395 e. The van der Waals surface area contributed by atoms with Gasteiger partial charge in [0.15, 0.2) is 8.46 Å². The second kappa shape index (κ2) is 5.24. The highest BCUT2D eigenvalue weighted by atomic mass is 31.1. The van der Waals surface area contributed by atoms with Gasteiger partial charge in [-0.15, -0.1) is 0 Å². The predicted octanol–water partition coefficient (Wildman–Crippen LogP) is -0.887. The summed E-state index contributed by atoms with van der Waals surface area (Å²) >= 11 is 0. The van der Waals surface area contributed by atoms with Crippen LogP contribution in [-0.4, -0.2) is 43.3 Å². The smallest absolute Gasteiger partial charge is 0.279 e. The third-order valence-corrected chi connectivity index (χ3v) is 2.45. The summed E-state index contributed by atoms with van der Waals surface area (Å²) in [6.45, 7) is -0.532. The number of aliphatic hydroxyl groups excluding tert-OH is 1. The van der Waals surface area contributed by atoms with E-state index in [1.807, 2.05) is 0 Å². The van der Waals surface area contributed by atoms with E-state index in [9.17, 15) is 9.36 Å². The number of nitrogens with two attached hydrogens (primary N) is 1. The molecule has 0 heterocycles. The quantitative estimate of drug-likeness (QED) is 0.437. The van der Waals surface area contributed by atoms with E-state index in [0.29, 0.717) is 0 Å². The van der Waals surface area contributed by atoms with Gasteiger partial charge >= 0.3 is 0 Å². The van der Waals surface area contributed by atoms with E-state index in [4.69, 9.17) is 20.3 Å². The van der Waals surface area contributed by atoms with Crippen LogP contribution in [-0.2, 0) is 18.8 Å². The molecule has 0 aromatic heterocycles. The van der Waals surface area contributed by atoms with E-state index in [0.717, 1.165) is 0 Å². The van der Waals surface area contributed by atoms with E-state index in [-0.39, 0.29) is 0 Å². The summed E-state index contributed by atoms with van der Waals surface area (Å²) in [6, 6.07) is 0. The standard InChI is InChI=1S/C6H12NO5P/c1-11-6(12-2,5(7)9)4(3-8)13-10/h4,8H,3H2,1-2H3,(H2,7,9). The molecule has 0 rings (SSSR count). The molecule has 0 aliphatic heterocycles. The lowest BCUT2D eigenvalue weighted by molar-refractivity contribution is -0.209. The zero-order valence-electron chi connectivity index (χ0n) is 7.39. The Hall–Kier alpha value is -0.550. The fourth-order valence-electron chi connectivity index (χ4n) is 0.944. The Kier molecular flexibility index (Phi) is 5.02. The van der Waals surface area contributed by atoms with Gasteiger partial charge in [0.05, 0.1) is 6.61 Å². The lowest BCUT2D eigenvalue weighted by atomic mass is 10.2. The Bertz CT molecular complexity index is 193. The van der Waals surface area contributed by atoms with E-state index < -0.39 is 32.4 Å². The molecule has 0 spiro atoms. The van der Waals surface area contributed by atoms with Crippen LogP contribution in [0.5, 0.6) is 0 Å². The van der Waals surface area contributed by atoms with E-state index in [1.54, 1.807) is 0 Å². The topological polar surface area (TPSA) is 98.8 Å². The minimum atomic E-state index is -1.84. The molecule has 0 aromatic carbocycles. The van der Waals surface area contributed by atoms with Crippen LogP contribution in [0.25, 0.3) is 0 Å². The molecule has 6 nitrogen and oxygen atoms in total. The molecule has 7 heteroatoms. The summed E-state index contributed by atoms with van der Waals surface area (Å²) in [4.78, 5) is 11.0. The van der Waals surface area contributed by atoms with Gasteiger partial charge in [0.1, 0.15) is 5.66 Å². The molecule has 13 heavy (non-hydrogen) atoms. The van der Waals surface area contributed by atoms with E-state index in [1.165, 1.54) is 14.2 Å². The molecule has 0 aliphatic rings. The van der Waals surface area contributed by atoms with E-state index in [2.05, 4.69) is 0 Å². The van der Waals surface area contributed by atoms with Crippen molar-refractivity contribution < 1.29 is 23.9 Å². The Morgan fingerprint density at radius 1 is 1.62 bits per heavy atom. The lowest BCUT2D eigenvalue weighted by Gasteiger charge is -2.30. The first kappa shape index (κ1) is 12.4. The van der Waals surface area contributed by atoms with Crippen molar-refractivity contribution in [3.63, 3.8) is 0 Å². The van der Waals surface area contributed by atoms with Gasteiger partial charge in [-0.1, -0.05) is 0 Å². The van der Waals surface area contributed by atoms with Gasteiger partial charge in [-0.05, 0) is 0 Å². The number of hydrogen-bond acceptors (Lipinski definition) is 5. The summed E-state index contributed by atoms with van der Waals surface area (Å²) in [5.74, 6) is -2.77. The molecule has 1 atom stereocenters. The van der Waals surface area contributed by atoms with Crippen LogP contribution in [0.3, 0.4) is 0 Å². The average Bonchev–Trinajstić information content (AvgIpc) is 2.13. The van der Waals surface area contributed by atoms with Crippen LogP contribution >= 0.6 is 8.46 Å². The van der Waals surface area contributed by atoms with Gasteiger partial charge in [-0.3, -0.25) is 9.36 Å². The summed E-state index contributed by atoms with van der Waals surface area (Å²) in [7, 11) is 1.89. The third kappa shape index (κ3) is 2.22. The first-order chi connectivity index (χ1) is 6.08. The van der Waals surface area contributed by atoms with Crippen LogP contribution in [0, 0.1) is 0 Å². The maximum absolute atomic E-state index is 11.0. The number of amides is 1. The highest BCUT2D eigenvalue weighted by Crippen LogP contribution is 2.25. The molecule has 0 fully saturated rings. The summed E-state index contributed by atoms with van der Waals surface area (Å²) in [5, 5.41) is 8.80. The Labute approximate surface area is 77.2 Å². The highest BCUT2D eigenvalue weighted by Gasteiger charge is 2.46. The van der Waals surface area contributed by atoms with Crippen molar-refractivity contribution in [1.29, 1.82) is 0 Å². The first-order valence-electron chi connectivity index (χ1n) is 3.42. The van der Waals surface area contributed by atoms with Crippen LogP contribution in [0.2, 0.25) is 0 Å². The summed E-state index contributed by atoms with van der Waals surface area (Å²) in [5.41, 5.74) is 3.97. The fraction of sp³-hybridized carbons (Fsp3) is 0.833. The van der Waals surface area contributed by atoms with Crippen LogP contribution in [0.4, 0.5) is 0 Å².